The van der Waals surface area contributed by atoms with Gasteiger partial charge in [-0.3, -0.25) is 4.79 Å². The summed E-state index contributed by atoms with van der Waals surface area (Å²) in [7, 11) is 0. The van der Waals surface area contributed by atoms with Gasteiger partial charge in [0.05, 0.1) is 6.04 Å². The van der Waals surface area contributed by atoms with Gasteiger partial charge in [0.15, 0.2) is 0 Å². The van der Waals surface area contributed by atoms with Crippen LogP contribution in [-0.4, -0.2) is 5.91 Å². The molecule has 0 aliphatic carbocycles. The third kappa shape index (κ3) is 4.95. The lowest BCUT2D eigenvalue weighted by atomic mass is 9.98. The van der Waals surface area contributed by atoms with Crippen LogP contribution in [0.2, 0.25) is 0 Å². The van der Waals surface area contributed by atoms with E-state index in [0.717, 1.165) is 22.4 Å². The standard InChI is InChI=1S/C27H23NO2/c29-27(24-18-16-21(17-19-24)20-30-25-14-8-3-9-15-25)28-26(22-10-4-1-5-11-22)23-12-6-2-7-13-23/h1-19,26H,20H2,(H,28,29). The zero-order valence-electron chi connectivity index (χ0n) is 16.6. The molecule has 0 saturated heterocycles. The summed E-state index contributed by atoms with van der Waals surface area (Å²) in [5.41, 5.74) is 3.73. The fraction of sp³-hybridized carbons (Fsp3) is 0.0741. The second-order valence-corrected chi connectivity index (χ2v) is 7.03. The topological polar surface area (TPSA) is 38.3 Å². The highest BCUT2D eigenvalue weighted by molar-refractivity contribution is 5.94. The van der Waals surface area contributed by atoms with E-state index in [0.29, 0.717) is 12.2 Å². The molecule has 1 amide bonds. The molecule has 0 unspecified atom stereocenters. The average molecular weight is 393 g/mol. The molecule has 4 rings (SSSR count). The van der Waals surface area contributed by atoms with E-state index in [1.165, 1.54) is 0 Å². The number of rotatable bonds is 7. The third-order valence-electron chi connectivity index (χ3n) is 4.91. The van der Waals surface area contributed by atoms with Crippen molar-refractivity contribution >= 4 is 5.91 Å². The number of para-hydroxylation sites is 1. The summed E-state index contributed by atoms with van der Waals surface area (Å²) in [6.07, 6.45) is 0. The van der Waals surface area contributed by atoms with Crippen molar-refractivity contribution in [3.63, 3.8) is 0 Å². The normalized spacial score (nSPS) is 10.6. The summed E-state index contributed by atoms with van der Waals surface area (Å²) in [5.74, 6) is 0.719. The highest BCUT2D eigenvalue weighted by Crippen LogP contribution is 2.22. The van der Waals surface area contributed by atoms with Crippen LogP contribution < -0.4 is 10.1 Å². The molecule has 0 aliphatic rings. The Morgan fingerprint density at radius 1 is 0.667 bits per heavy atom. The maximum absolute atomic E-state index is 13.0. The summed E-state index contributed by atoms with van der Waals surface area (Å²) >= 11 is 0. The lowest BCUT2D eigenvalue weighted by Crippen LogP contribution is -2.29. The van der Waals surface area contributed by atoms with Crippen molar-refractivity contribution in [2.75, 3.05) is 0 Å². The second kappa shape index (κ2) is 9.57. The van der Waals surface area contributed by atoms with E-state index in [4.69, 9.17) is 4.74 Å². The van der Waals surface area contributed by atoms with Crippen LogP contribution in [0.5, 0.6) is 5.75 Å². The van der Waals surface area contributed by atoms with Gasteiger partial charge in [0.2, 0.25) is 0 Å². The number of nitrogens with one attached hydrogen (secondary N) is 1. The van der Waals surface area contributed by atoms with Gasteiger partial charge in [0, 0.05) is 5.56 Å². The fourth-order valence-corrected chi connectivity index (χ4v) is 3.30. The Morgan fingerprint density at radius 3 is 1.70 bits per heavy atom. The highest BCUT2D eigenvalue weighted by Gasteiger charge is 2.17. The van der Waals surface area contributed by atoms with Crippen LogP contribution in [0.15, 0.2) is 115 Å². The van der Waals surface area contributed by atoms with Gasteiger partial charge in [0.1, 0.15) is 12.4 Å². The highest BCUT2D eigenvalue weighted by atomic mass is 16.5. The van der Waals surface area contributed by atoms with Crippen molar-refractivity contribution in [3.05, 3.63) is 138 Å². The van der Waals surface area contributed by atoms with Gasteiger partial charge >= 0.3 is 0 Å². The molecule has 4 aromatic carbocycles. The van der Waals surface area contributed by atoms with Gasteiger partial charge in [0.25, 0.3) is 5.91 Å². The molecule has 3 heteroatoms. The molecular weight excluding hydrogens is 370 g/mol. The molecule has 0 spiro atoms. The molecule has 0 fully saturated rings. The summed E-state index contributed by atoms with van der Waals surface area (Å²) in [6.45, 7) is 0.461. The molecule has 0 atom stereocenters. The van der Waals surface area contributed by atoms with Crippen molar-refractivity contribution in [2.24, 2.45) is 0 Å². The zero-order valence-corrected chi connectivity index (χ0v) is 16.6. The third-order valence-corrected chi connectivity index (χ3v) is 4.91. The molecule has 3 nitrogen and oxygen atoms in total. The second-order valence-electron chi connectivity index (χ2n) is 7.03. The van der Waals surface area contributed by atoms with Gasteiger partial charge in [-0.2, -0.15) is 0 Å². The summed E-state index contributed by atoms with van der Waals surface area (Å²) in [5, 5.41) is 3.17. The van der Waals surface area contributed by atoms with Crippen LogP contribution in [-0.2, 0) is 6.61 Å². The molecule has 148 valence electrons. The molecule has 0 saturated carbocycles. The van der Waals surface area contributed by atoms with Crippen LogP contribution >= 0.6 is 0 Å². The average Bonchev–Trinajstić information content (AvgIpc) is 2.83. The monoisotopic (exact) mass is 393 g/mol. The first-order valence-corrected chi connectivity index (χ1v) is 9.97. The number of hydrogen-bond acceptors (Lipinski definition) is 2. The molecule has 4 aromatic rings. The van der Waals surface area contributed by atoms with Crippen LogP contribution in [0.25, 0.3) is 0 Å². The van der Waals surface area contributed by atoms with E-state index in [9.17, 15) is 4.79 Å². The van der Waals surface area contributed by atoms with E-state index in [1.54, 1.807) is 0 Å². The molecular formula is C27H23NO2. The maximum atomic E-state index is 13.0. The number of carbonyl (C=O) groups is 1. The SMILES string of the molecule is O=C(NC(c1ccccc1)c1ccccc1)c1ccc(COc2ccccc2)cc1. The number of benzene rings is 4. The first-order chi connectivity index (χ1) is 14.8. The van der Waals surface area contributed by atoms with E-state index < -0.39 is 0 Å². The number of hydrogen-bond donors (Lipinski definition) is 1. The minimum atomic E-state index is -0.207. The lowest BCUT2D eigenvalue weighted by molar-refractivity contribution is 0.0943. The fourth-order valence-electron chi connectivity index (χ4n) is 3.30. The van der Waals surface area contributed by atoms with Crippen molar-refractivity contribution in [1.29, 1.82) is 0 Å². The quantitative estimate of drug-likeness (QED) is 0.432. The molecule has 30 heavy (non-hydrogen) atoms. The molecule has 0 bridgehead atoms. The Morgan fingerprint density at radius 2 is 1.17 bits per heavy atom. The van der Waals surface area contributed by atoms with Crippen molar-refractivity contribution in [3.8, 4) is 5.75 Å². The smallest absolute Gasteiger partial charge is 0.252 e. The van der Waals surface area contributed by atoms with Gasteiger partial charge in [-0.15, -0.1) is 0 Å². The molecule has 0 aromatic heterocycles. The summed E-state index contributed by atoms with van der Waals surface area (Å²) in [6, 6.07) is 37.0. The Kier molecular flexibility index (Phi) is 6.21. The van der Waals surface area contributed by atoms with Crippen LogP contribution in [0.4, 0.5) is 0 Å². The van der Waals surface area contributed by atoms with Gasteiger partial charge in [-0.1, -0.05) is 91.0 Å². The van der Waals surface area contributed by atoms with E-state index >= 15 is 0 Å². The number of carbonyl (C=O) groups excluding carboxylic acids is 1. The van der Waals surface area contributed by atoms with Crippen molar-refractivity contribution in [1.82, 2.24) is 5.32 Å². The van der Waals surface area contributed by atoms with Gasteiger partial charge in [-0.25, -0.2) is 0 Å². The van der Waals surface area contributed by atoms with E-state index in [1.807, 2.05) is 115 Å². The molecule has 1 N–H and O–H groups in total. The first-order valence-electron chi connectivity index (χ1n) is 9.97. The van der Waals surface area contributed by atoms with E-state index in [-0.39, 0.29) is 11.9 Å². The predicted octanol–water partition coefficient (Wildman–Crippen LogP) is 5.79. The molecule has 0 aliphatic heterocycles. The van der Waals surface area contributed by atoms with Crippen LogP contribution in [0.1, 0.15) is 33.1 Å². The summed E-state index contributed by atoms with van der Waals surface area (Å²) in [4.78, 5) is 13.0. The Bertz CT molecular complexity index is 1020. The Balaban J connectivity index is 1.46. The lowest BCUT2D eigenvalue weighted by Gasteiger charge is -2.20. The number of amides is 1. The maximum Gasteiger partial charge on any atom is 0.252 e. The summed E-state index contributed by atoms with van der Waals surface area (Å²) < 4.78 is 5.77. The van der Waals surface area contributed by atoms with Crippen molar-refractivity contribution < 1.29 is 9.53 Å². The molecule has 0 heterocycles. The van der Waals surface area contributed by atoms with Gasteiger partial charge < -0.3 is 10.1 Å². The largest absolute Gasteiger partial charge is 0.489 e. The Labute approximate surface area is 177 Å². The minimum Gasteiger partial charge on any atom is -0.489 e. The Hall–Kier alpha value is -3.85. The predicted molar refractivity (Wildman–Crippen MR) is 119 cm³/mol. The minimum absolute atomic E-state index is 0.108. The first kappa shape index (κ1) is 19.5. The van der Waals surface area contributed by atoms with Gasteiger partial charge in [-0.05, 0) is 41.0 Å². The molecule has 0 radical (unpaired) electrons. The van der Waals surface area contributed by atoms with E-state index in [2.05, 4.69) is 5.32 Å². The van der Waals surface area contributed by atoms with Crippen LogP contribution in [0, 0.1) is 0 Å². The van der Waals surface area contributed by atoms with Crippen LogP contribution in [0.3, 0.4) is 0 Å². The van der Waals surface area contributed by atoms with Crippen molar-refractivity contribution in [2.45, 2.75) is 12.6 Å². The zero-order chi connectivity index (χ0) is 20.6. The number of ether oxygens (including phenoxy) is 1.